The predicted molar refractivity (Wildman–Crippen MR) is 85.1 cm³/mol. The van der Waals surface area contributed by atoms with Crippen LogP contribution in [0.3, 0.4) is 0 Å². The lowest BCUT2D eigenvalue weighted by atomic mass is 10.0. The van der Waals surface area contributed by atoms with Crippen LogP contribution in [0.15, 0.2) is 24.3 Å². The Labute approximate surface area is 121 Å². The second-order valence-electron chi connectivity index (χ2n) is 5.94. The molecule has 1 fully saturated rings. The molecule has 2 aliphatic heterocycles. The predicted octanol–water partition coefficient (Wildman–Crippen LogP) is 3.24. The zero-order valence-corrected chi connectivity index (χ0v) is 12.7. The molecule has 0 radical (unpaired) electrons. The van der Waals surface area contributed by atoms with Crippen LogP contribution in [0.1, 0.15) is 25.8 Å². The van der Waals surface area contributed by atoms with E-state index >= 15 is 0 Å². The standard InChI is InChI=1S/C16H24N2S/c1-12-10-18(11-13(2)19-12)15-8-7-14-5-3-4-6-16(14)17-9-15/h3-6,12-13,15,17H,7-11H2,1-2H3. The quantitative estimate of drug-likeness (QED) is 0.848. The van der Waals surface area contributed by atoms with E-state index in [1.54, 1.807) is 0 Å². The average molecular weight is 276 g/mol. The summed E-state index contributed by atoms with van der Waals surface area (Å²) in [6, 6.07) is 9.46. The number of hydrogen-bond acceptors (Lipinski definition) is 3. The number of rotatable bonds is 1. The monoisotopic (exact) mass is 276 g/mol. The number of thioether (sulfide) groups is 1. The van der Waals surface area contributed by atoms with Crippen LogP contribution in [0.25, 0.3) is 0 Å². The summed E-state index contributed by atoms with van der Waals surface area (Å²) in [5.41, 5.74) is 2.83. The van der Waals surface area contributed by atoms with Crippen LogP contribution < -0.4 is 5.32 Å². The molecule has 19 heavy (non-hydrogen) atoms. The molecule has 0 aliphatic carbocycles. The molecule has 3 heteroatoms. The summed E-state index contributed by atoms with van der Waals surface area (Å²) in [5.74, 6) is 0. The Balaban J connectivity index is 1.68. The van der Waals surface area contributed by atoms with Crippen molar-refractivity contribution in [1.29, 1.82) is 0 Å². The van der Waals surface area contributed by atoms with Crippen LogP contribution in [0.2, 0.25) is 0 Å². The van der Waals surface area contributed by atoms with Crippen molar-refractivity contribution in [1.82, 2.24) is 4.90 Å². The summed E-state index contributed by atoms with van der Waals surface area (Å²) in [7, 11) is 0. The van der Waals surface area contributed by atoms with Crippen molar-refractivity contribution in [3.8, 4) is 0 Å². The maximum Gasteiger partial charge on any atom is 0.0373 e. The van der Waals surface area contributed by atoms with Gasteiger partial charge in [0.05, 0.1) is 0 Å². The maximum atomic E-state index is 3.65. The lowest BCUT2D eigenvalue weighted by Crippen LogP contribution is -2.48. The van der Waals surface area contributed by atoms with E-state index in [2.05, 4.69) is 60.1 Å². The minimum Gasteiger partial charge on any atom is -0.383 e. The number of nitrogens with one attached hydrogen (secondary N) is 1. The molecule has 104 valence electrons. The molecule has 1 aromatic carbocycles. The van der Waals surface area contributed by atoms with Crippen LogP contribution >= 0.6 is 11.8 Å². The molecule has 0 bridgehead atoms. The first-order valence-corrected chi connectivity index (χ1v) is 8.38. The highest BCUT2D eigenvalue weighted by Gasteiger charge is 2.28. The van der Waals surface area contributed by atoms with Gasteiger partial charge in [0.25, 0.3) is 0 Å². The first kappa shape index (κ1) is 13.3. The van der Waals surface area contributed by atoms with E-state index in [0.29, 0.717) is 6.04 Å². The molecule has 0 aromatic heterocycles. The Hall–Kier alpha value is -0.670. The van der Waals surface area contributed by atoms with Gasteiger partial charge in [-0.2, -0.15) is 11.8 Å². The topological polar surface area (TPSA) is 15.3 Å². The van der Waals surface area contributed by atoms with Gasteiger partial charge in [-0.1, -0.05) is 32.0 Å². The van der Waals surface area contributed by atoms with E-state index in [0.717, 1.165) is 17.0 Å². The fraction of sp³-hybridized carbons (Fsp3) is 0.625. The van der Waals surface area contributed by atoms with Gasteiger partial charge in [0.2, 0.25) is 0 Å². The molecule has 0 amide bonds. The Kier molecular flexibility index (Phi) is 4.04. The molecule has 0 saturated carbocycles. The van der Waals surface area contributed by atoms with Gasteiger partial charge in [0.1, 0.15) is 0 Å². The van der Waals surface area contributed by atoms with Gasteiger partial charge in [-0.3, -0.25) is 4.90 Å². The second-order valence-corrected chi connectivity index (χ2v) is 7.82. The van der Waals surface area contributed by atoms with Crippen LogP contribution in [0.4, 0.5) is 5.69 Å². The molecule has 2 nitrogen and oxygen atoms in total. The average Bonchev–Trinajstić information content (AvgIpc) is 2.60. The van der Waals surface area contributed by atoms with E-state index in [1.165, 1.54) is 37.2 Å². The Morgan fingerprint density at radius 2 is 1.89 bits per heavy atom. The molecule has 3 unspecified atom stereocenters. The molecule has 1 aromatic rings. The molecule has 0 spiro atoms. The van der Waals surface area contributed by atoms with Gasteiger partial charge in [0.15, 0.2) is 0 Å². The molecular formula is C16H24N2S. The minimum atomic E-state index is 0.693. The first-order valence-electron chi connectivity index (χ1n) is 7.43. The number of hydrogen-bond donors (Lipinski definition) is 1. The Morgan fingerprint density at radius 1 is 1.16 bits per heavy atom. The zero-order chi connectivity index (χ0) is 13.2. The first-order chi connectivity index (χ1) is 9.22. The zero-order valence-electron chi connectivity index (χ0n) is 11.9. The number of benzene rings is 1. The van der Waals surface area contributed by atoms with Crippen LogP contribution in [-0.4, -0.2) is 41.1 Å². The van der Waals surface area contributed by atoms with Crippen molar-refractivity contribution in [2.45, 2.75) is 43.2 Å². The third-order valence-electron chi connectivity index (χ3n) is 4.26. The summed E-state index contributed by atoms with van der Waals surface area (Å²) in [5, 5.41) is 5.20. The van der Waals surface area contributed by atoms with Crippen molar-refractivity contribution in [3.63, 3.8) is 0 Å². The van der Waals surface area contributed by atoms with Crippen LogP contribution in [0, 0.1) is 0 Å². The summed E-state index contributed by atoms with van der Waals surface area (Å²) < 4.78 is 0. The van der Waals surface area contributed by atoms with Crippen molar-refractivity contribution in [2.75, 3.05) is 25.0 Å². The lowest BCUT2D eigenvalue weighted by molar-refractivity contribution is 0.194. The SMILES string of the molecule is CC1CN(C2CCc3ccccc3NC2)CC(C)S1. The largest absolute Gasteiger partial charge is 0.383 e. The lowest BCUT2D eigenvalue weighted by Gasteiger charge is -2.39. The third kappa shape index (κ3) is 3.09. The summed E-state index contributed by atoms with van der Waals surface area (Å²) >= 11 is 2.14. The van der Waals surface area contributed by atoms with Crippen LogP contribution in [0.5, 0.6) is 0 Å². The van der Waals surface area contributed by atoms with E-state index in [1.807, 2.05) is 0 Å². The third-order valence-corrected chi connectivity index (χ3v) is 5.48. The van der Waals surface area contributed by atoms with Crippen molar-refractivity contribution >= 4 is 17.4 Å². The summed E-state index contributed by atoms with van der Waals surface area (Å²) in [4.78, 5) is 2.71. The number of fused-ring (bicyclic) bond motifs is 1. The second kappa shape index (κ2) is 5.76. The highest BCUT2D eigenvalue weighted by molar-refractivity contribution is 8.00. The Bertz CT molecular complexity index is 398. The van der Waals surface area contributed by atoms with Gasteiger partial charge in [-0.15, -0.1) is 0 Å². The number of anilines is 1. The van der Waals surface area contributed by atoms with Gasteiger partial charge >= 0.3 is 0 Å². The fourth-order valence-corrected chi connectivity index (χ4v) is 4.74. The summed E-state index contributed by atoms with van der Waals surface area (Å²) in [6.45, 7) is 8.33. The van der Waals surface area contributed by atoms with Crippen molar-refractivity contribution in [2.24, 2.45) is 0 Å². The fourth-order valence-electron chi connectivity index (χ4n) is 3.39. The van der Waals surface area contributed by atoms with Crippen molar-refractivity contribution < 1.29 is 0 Å². The van der Waals surface area contributed by atoms with Gasteiger partial charge < -0.3 is 5.32 Å². The molecular weight excluding hydrogens is 252 g/mol. The van der Waals surface area contributed by atoms with E-state index in [9.17, 15) is 0 Å². The molecule has 3 rings (SSSR count). The molecule has 2 aliphatic rings. The van der Waals surface area contributed by atoms with Gasteiger partial charge in [-0.05, 0) is 24.5 Å². The summed E-state index contributed by atoms with van der Waals surface area (Å²) in [6.07, 6.45) is 2.49. The molecule has 1 saturated heterocycles. The van der Waals surface area contributed by atoms with E-state index < -0.39 is 0 Å². The van der Waals surface area contributed by atoms with E-state index in [4.69, 9.17) is 0 Å². The smallest absolute Gasteiger partial charge is 0.0373 e. The highest BCUT2D eigenvalue weighted by atomic mass is 32.2. The normalized spacial score (nSPS) is 32.2. The number of para-hydroxylation sites is 1. The number of aryl methyl sites for hydroxylation is 1. The molecule has 3 atom stereocenters. The van der Waals surface area contributed by atoms with Crippen LogP contribution in [-0.2, 0) is 6.42 Å². The van der Waals surface area contributed by atoms with Gasteiger partial charge in [-0.25, -0.2) is 0 Å². The highest BCUT2D eigenvalue weighted by Crippen LogP contribution is 2.29. The van der Waals surface area contributed by atoms with Crippen molar-refractivity contribution in [3.05, 3.63) is 29.8 Å². The minimum absolute atomic E-state index is 0.693. The van der Waals surface area contributed by atoms with Gasteiger partial charge in [0, 0.05) is 41.9 Å². The van der Waals surface area contributed by atoms with E-state index in [-0.39, 0.29) is 0 Å². The number of nitrogens with zero attached hydrogens (tertiary/aromatic N) is 1. The Morgan fingerprint density at radius 3 is 2.68 bits per heavy atom. The molecule has 1 N–H and O–H groups in total. The molecule has 2 heterocycles. The maximum absolute atomic E-state index is 3.65.